The fourth-order valence-corrected chi connectivity index (χ4v) is 1.76. The Bertz CT molecular complexity index is 379. The molecule has 2 rings (SSSR count). The summed E-state index contributed by atoms with van der Waals surface area (Å²) in [5, 5.41) is 1.38. The Labute approximate surface area is 94.9 Å². The number of amides is 1. The van der Waals surface area contributed by atoms with Gasteiger partial charge in [-0.15, -0.1) is 0 Å². The number of carbonyl (C=O) groups excluding carboxylic acids is 1. The minimum Gasteiger partial charge on any atom is -0.330 e. The van der Waals surface area contributed by atoms with Crippen LogP contribution in [-0.4, -0.2) is 19.1 Å². The van der Waals surface area contributed by atoms with Gasteiger partial charge in [-0.1, -0.05) is 12.1 Å². The number of hydrogen-bond acceptors (Lipinski definition) is 3. The minimum atomic E-state index is 0.0241. The molecule has 86 valence electrons. The summed E-state index contributed by atoms with van der Waals surface area (Å²) in [5.74, 6) is 0.0241. The Balaban J connectivity index is 2.12. The Kier molecular flexibility index (Phi) is 3.54. The van der Waals surface area contributed by atoms with Crippen LogP contribution in [0.4, 0.5) is 5.69 Å². The number of rotatable bonds is 4. The Morgan fingerprint density at radius 2 is 2.31 bits per heavy atom. The molecule has 1 heterocycles. The molecule has 0 aromatic heterocycles. The van der Waals surface area contributed by atoms with Crippen LogP contribution < -0.4 is 10.8 Å². The third-order valence-corrected chi connectivity index (χ3v) is 2.58. The van der Waals surface area contributed by atoms with E-state index in [1.807, 2.05) is 24.3 Å². The highest BCUT2D eigenvalue weighted by molar-refractivity contribution is 5.92. The third kappa shape index (κ3) is 2.40. The lowest BCUT2D eigenvalue weighted by Gasteiger charge is -2.14. The molecule has 4 heteroatoms. The van der Waals surface area contributed by atoms with E-state index in [0.29, 0.717) is 19.6 Å². The van der Waals surface area contributed by atoms with Gasteiger partial charge in [-0.3, -0.25) is 9.63 Å². The monoisotopic (exact) mass is 220 g/mol. The molecule has 0 bridgehead atoms. The quantitative estimate of drug-likeness (QED) is 0.830. The maximum Gasteiger partial charge on any atom is 0.253 e. The summed E-state index contributed by atoms with van der Waals surface area (Å²) in [5.41, 5.74) is 7.47. The van der Waals surface area contributed by atoms with Gasteiger partial charge in [0.15, 0.2) is 0 Å². The number of carbonyl (C=O) groups is 1. The van der Waals surface area contributed by atoms with Gasteiger partial charge in [-0.2, -0.15) is 5.06 Å². The number of hydroxylamine groups is 1. The molecule has 1 amide bonds. The maximum absolute atomic E-state index is 11.5. The summed E-state index contributed by atoms with van der Waals surface area (Å²) in [6, 6.07) is 7.85. The predicted octanol–water partition coefficient (Wildman–Crippen LogP) is 1.25. The number of hydrogen-bond donors (Lipinski definition) is 1. The van der Waals surface area contributed by atoms with Crippen molar-refractivity contribution in [1.82, 2.24) is 0 Å². The molecule has 0 saturated carbocycles. The van der Waals surface area contributed by atoms with E-state index in [4.69, 9.17) is 10.6 Å². The lowest BCUT2D eigenvalue weighted by Crippen LogP contribution is -2.22. The topological polar surface area (TPSA) is 55.6 Å². The molecule has 1 aromatic rings. The average molecular weight is 220 g/mol. The highest BCUT2D eigenvalue weighted by Crippen LogP contribution is 2.21. The predicted molar refractivity (Wildman–Crippen MR) is 61.9 cm³/mol. The van der Waals surface area contributed by atoms with Crippen LogP contribution in [0.3, 0.4) is 0 Å². The van der Waals surface area contributed by atoms with Gasteiger partial charge < -0.3 is 5.73 Å². The van der Waals surface area contributed by atoms with Crippen LogP contribution in [0.2, 0.25) is 0 Å². The molecule has 1 aliphatic heterocycles. The Morgan fingerprint density at radius 3 is 3.00 bits per heavy atom. The van der Waals surface area contributed by atoms with Gasteiger partial charge in [-0.05, 0) is 37.1 Å². The Morgan fingerprint density at radius 1 is 1.44 bits per heavy atom. The molecule has 1 saturated heterocycles. The van der Waals surface area contributed by atoms with E-state index in [1.54, 1.807) is 0 Å². The molecule has 1 aromatic carbocycles. The van der Waals surface area contributed by atoms with E-state index >= 15 is 0 Å². The zero-order valence-corrected chi connectivity index (χ0v) is 9.19. The standard InChI is InChI=1S/C12H16N2O2/c13-7-2-4-10-3-1-5-11(9-10)14-12(15)6-8-16-14/h1,3,5,9H,2,4,6-8,13H2. The van der Waals surface area contributed by atoms with Crippen LogP contribution >= 0.6 is 0 Å². The molecule has 0 atom stereocenters. The van der Waals surface area contributed by atoms with Crippen LogP contribution in [0.1, 0.15) is 18.4 Å². The van der Waals surface area contributed by atoms with Gasteiger partial charge in [-0.25, -0.2) is 0 Å². The van der Waals surface area contributed by atoms with Gasteiger partial charge in [0.1, 0.15) is 0 Å². The molecule has 16 heavy (non-hydrogen) atoms. The number of nitrogens with two attached hydrogens (primary N) is 1. The second-order valence-corrected chi connectivity index (χ2v) is 3.83. The number of aryl methyl sites for hydroxylation is 1. The van der Waals surface area contributed by atoms with E-state index in [2.05, 4.69) is 0 Å². The SMILES string of the molecule is NCCCc1cccc(N2OCCC2=O)c1. The van der Waals surface area contributed by atoms with Crippen molar-refractivity contribution in [2.45, 2.75) is 19.3 Å². The zero-order chi connectivity index (χ0) is 11.4. The largest absolute Gasteiger partial charge is 0.330 e. The first kappa shape index (κ1) is 11.1. The molecule has 1 aliphatic rings. The van der Waals surface area contributed by atoms with Gasteiger partial charge in [0.2, 0.25) is 0 Å². The highest BCUT2D eigenvalue weighted by atomic mass is 16.7. The number of anilines is 1. The number of benzene rings is 1. The fraction of sp³-hybridized carbons (Fsp3) is 0.417. The van der Waals surface area contributed by atoms with Crippen molar-refractivity contribution in [1.29, 1.82) is 0 Å². The van der Waals surface area contributed by atoms with Crippen LogP contribution in [-0.2, 0) is 16.1 Å². The van der Waals surface area contributed by atoms with Crippen LogP contribution in [0.25, 0.3) is 0 Å². The second kappa shape index (κ2) is 5.09. The zero-order valence-electron chi connectivity index (χ0n) is 9.19. The normalized spacial score (nSPS) is 15.8. The molecular weight excluding hydrogens is 204 g/mol. The van der Waals surface area contributed by atoms with Crippen molar-refractivity contribution in [2.24, 2.45) is 5.73 Å². The van der Waals surface area contributed by atoms with Crippen molar-refractivity contribution >= 4 is 11.6 Å². The first-order valence-electron chi connectivity index (χ1n) is 5.56. The molecular formula is C12H16N2O2. The van der Waals surface area contributed by atoms with Gasteiger partial charge in [0, 0.05) is 0 Å². The lowest BCUT2D eigenvalue weighted by molar-refractivity contribution is -0.119. The van der Waals surface area contributed by atoms with Gasteiger partial charge in [0.25, 0.3) is 5.91 Å². The third-order valence-electron chi connectivity index (χ3n) is 2.58. The van der Waals surface area contributed by atoms with Crippen molar-refractivity contribution in [2.75, 3.05) is 18.2 Å². The smallest absolute Gasteiger partial charge is 0.253 e. The molecule has 0 aliphatic carbocycles. The first-order chi connectivity index (χ1) is 7.81. The summed E-state index contributed by atoms with van der Waals surface area (Å²) >= 11 is 0. The van der Waals surface area contributed by atoms with E-state index < -0.39 is 0 Å². The molecule has 0 spiro atoms. The first-order valence-corrected chi connectivity index (χ1v) is 5.56. The minimum absolute atomic E-state index is 0.0241. The van der Waals surface area contributed by atoms with E-state index in [9.17, 15) is 4.79 Å². The Hall–Kier alpha value is -1.39. The van der Waals surface area contributed by atoms with Gasteiger partial charge >= 0.3 is 0 Å². The summed E-state index contributed by atoms with van der Waals surface area (Å²) in [6.45, 7) is 1.16. The molecule has 0 unspecified atom stereocenters. The van der Waals surface area contributed by atoms with Crippen molar-refractivity contribution in [3.63, 3.8) is 0 Å². The van der Waals surface area contributed by atoms with Gasteiger partial charge in [0.05, 0.1) is 18.7 Å². The molecule has 1 fully saturated rings. The van der Waals surface area contributed by atoms with Crippen LogP contribution in [0.5, 0.6) is 0 Å². The summed E-state index contributed by atoms with van der Waals surface area (Å²) in [4.78, 5) is 16.8. The van der Waals surface area contributed by atoms with Crippen molar-refractivity contribution in [3.8, 4) is 0 Å². The fourth-order valence-electron chi connectivity index (χ4n) is 1.76. The summed E-state index contributed by atoms with van der Waals surface area (Å²) in [6.07, 6.45) is 2.36. The van der Waals surface area contributed by atoms with E-state index in [-0.39, 0.29) is 5.91 Å². The van der Waals surface area contributed by atoms with E-state index in [1.165, 1.54) is 10.6 Å². The van der Waals surface area contributed by atoms with Crippen LogP contribution in [0, 0.1) is 0 Å². The molecule has 4 nitrogen and oxygen atoms in total. The van der Waals surface area contributed by atoms with E-state index in [0.717, 1.165) is 18.5 Å². The summed E-state index contributed by atoms with van der Waals surface area (Å²) < 4.78 is 0. The van der Waals surface area contributed by atoms with Crippen LogP contribution in [0.15, 0.2) is 24.3 Å². The second-order valence-electron chi connectivity index (χ2n) is 3.83. The molecule has 2 N–H and O–H groups in total. The highest BCUT2D eigenvalue weighted by Gasteiger charge is 2.23. The number of nitrogens with zero attached hydrogens (tertiary/aromatic N) is 1. The lowest BCUT2D eigenvalue weighted by atomic mass is 10.1. The maximum atomic E-state index is 11.5. The average Bonchev–Trinajstić information content (AvgIpc) is 2.73. The van der Waals surface area contributed by atoms with Crippen molar-refractivity contribution < 1.29 is 9.63 Å². The van der Waals surface area contributed by atoms with Crippen molar-refractivity contribution in [3.05, 3.63) is 29.8 Å². The summed E-state index contributed by atoms with van der Waals surface area (Å²) in [7, 11) is 0. The molecule has 0 radical (unpaired) electrons.